The quantitative estimate of drug-likeness (QED) is 0.843. The minimum absolute atomic E-state index is 0.0156. The summed E-state index contributed by atoms with van der Waals surface area (Å²) in [6.07, 6.45) is -0.207. The van der Waals surface area contributed by atoms with Gasteiger partial charge in [-0.15, -0.1) is 11.3 Å². The highest BCUT2D eigenvalue weighted by atomic mass is 32.1. The Morgan fingerprint density at radius 3 is 3.05 bits per heavy atom. The van der Waals surface area contributed by atoms with Crippen LogP contribution in [-0.2, 0) is 9.47 Å². The number of aliphatic hydroxyl groups is 1. The van der Waals surface area contributed by atoms with E-state index in [0.29, 0.717) is 25.5 Å². The van der Waals surface area contributed by atoms with E-state index in [0.717, 1.165) is 10.0 Å². The molecule has 2 heterocycles. The number of rotatable bonds is 4. The number of morpholine rings is 1. The maximum absolute atomic E-state index is 11.8. The van der Waals surface area contributed by atoms with E-state index in [1.165, 1.54) is 11.3 Å². The molecule has 2 atom stereocenters. The average Bonchev–Trinajstić information content (AvgIpc) is 2.81. The Hall–Kier alpha value is -1.18. The summed E-state index contributed by atoms with van der Waals surface area (Å²) in [6, 6.07) is 0.165. The number of aromatic nitrogens is 1. The lowest BCUT2D eigenvalue weighted by molar-refractivity contribution is -0.0103. The average molecular weight is 300 g/mol. The number of hydrogen-bond donors (Lipinski definition) is 1. The molecule has 1 fully saturated rings. The van der Waals surface area contributed by atoms with E-state index in [-0.39, 0.29) is 24.7 Å². The molecule has 2 rings (SSSR count). The molecule has 1 aromatic rings. The van der Waals surface area contributed by atoms with Crippen LogP contribution in [0.5, 0.6) is 0 Å². The van der Waals surface area contributed by atoms with Gasteiger partial charge < -0.3 is 19.5 Å². The second-order valence-electron chi connectivity index (χ2n) is 4.76. The van der Waals surface area contributed by atoms with E-state index >= 15 is 0 Å². The lowest BCUT2D eigenvalue weighted by Crippen LogP contribution is -2.49. The van der Waals surface area contributed by atoms with Gasteiger partial charge in [-0.2, -0.15) is 0 Å². The Bertz CT molecular complexity index is 477. The van der Waals surface area contributed by atoms with Crippen LogP contribution >= 0.6 is 11.3 Å². The molecule has 7 heteroatoms. The van der Waals surface area contributed by atoms with Gasteiger partial charge in [-0.3, -0.25) is 0 Å². The number of thiazole rings is 1. The summed E-state index contributed by atoms with van der Waals surface area (Å²) in [5.74, 6) is -0.382. The fraction of sp³-hybridized carbons (Fsp3) is 0.692. The maximum atomic E-state index is 11.8. The first-order chi connectivity index (χ1) is 9.56. The van der Waals surface area contributed by atoms with Crippen molar-refractivity contribution in [3.8, 4) is 0 Å². The molecule has 0 radical (unpaired) electrons. The number of anilines is 1. The summed E-state index contributed by atoms with van der Waals surface area (Å²) in [7, 11) is 0. The summed E-state index contributed by atoms with van der Waals surface area (Å²) in [5, 5.41) is 9.99. The van der Waals surface area contributed by atoms with Gasteiger partial charge in [-0.25, -0.2) is 9.78 Å². The number of carbonyl (C=O) groups excluding carboxylic acids is 1. The third kappa shape index (κ3) is 3.11. The molecule has 112 valence electrons. The molecular weight excluding hydrogens is 280 g/mol. The Balaban J connectivity index is 2.19. The number of esters is 1. The third-order valence-corrected chi connectivity index (χ3v) is 4.22. The standard InChI is InChI=1S/C13H20N2O4S/c1-4-18-12(17)11-9(3)20-13(14-11)15-5-10(6-16)19-7-8(15)2/h8,10,16H,4-7H2,1-3H3. The minimum Gasteiger partial charge on any atom is -0.461 e. The predicted molar refractivity (Wildman–Crippen MR) is 76.4 cm³/mol. The highest BCUT2D eigenvalue weighted by Gasteiger charge is 2.29. The van der Waals surface area contributed by atoms with Crippen LogP contribution in [0.15, 0.2) is 0 Å². The molecule has 2 unspecified atom stereocenters. The molecule has 1 aromatic heterocycles. The fourth-order valence-electron chi connectivity index (χ4n) is 2.09. The van der Waals surface area contributed by atoms with Crippen molar-refractivity contribution in [2.75, 3.05) is 31.3 Å². The summed E-state index contributed by atoms with van der Waals surface area (Å²) in [4.78, 5) is 19.1. The normalized spacial score (nSPS) is 22.9. The van der Waals surface area contributed by atoms with Crippen LogP contribution in [0.3, 0.4) is 0 Å². The van der Waals surface area contributed by atoms with E-state index in [9.17, 15) is 9.90 Å². The van der Waals surface area contributed by atoms with E-state index in [4.69, 9.17) is 9.47 Å². The van der Waals surface area contributed by atoms with Gasteiger partial charge in [0.2, 0.25) is 0 Å². The number of hydrogen-bond acceptors (Lipinski definition) is 7. The van der Waals surface area contributed by atoms with Crippen molar-refractivity contribution >= 4 is 22.4 Å². The van der Waals surface area contributed by atoms with Gasteiger partial charge in [-0.05, 0) is 20.8 Å². The molecule has 0 aliphatic carbocycles. The maximum Gasteiger partial charge on any atom is 0.358 e. The van der Waals surface area contributed by atoms with Crippen LogP contribution in [0.2, 0.25) is 0 Å². The summed E-state index contributed by atoms with van der Waals surface area (Å²) in [6.45, 7) is 7.11. The first-order valence-electron chi connectivity index (χ1n) is 6.70. The largest absolute Gasteiger partial charge is 0.461 e. The monoisotopic (exact) mass is 300 g/mol. The van der Waals surface area contributed by atoms with Gasteiger partial charge in [0, 0.05) is 11.4 Å². The second kappa shape index (κ2) is 6.51. The fourth-order valence-corrected chi connectivity index (χ4v) is 3.10. The summed E-state index contributed by atoms with van der Waals surface area (Å²) < 4.78 is 10.5. The Morgan fingerprint density at radius 2 is 2.40 bits per heavy atom. The summed E-state index contributed by atoms with van der Waals surface area (Å²) in [5.41, 5.74) is 0.381. The Labute approximate surface area is 122 Å². The van der Waals surface area contributed by atoms with E-state index in [2.05, 4.69) is 9.88 Å². The van der Waals surface area contributed by atoms with Crippen LogP contribution in [0.1, 0.15) is 29.2 Å². The van der Waals surface area contributed by atoms with Crippen molar-refractivity contribution < 1.29 is 19.4 Å². The lowest BCUT2D eigenvalue weighted by Gasteiger charge is -2.37. The van der Waals surface area contributed by atoms with Gasteiger partial charge in [0.05, 0.1) is 32.0 Å². The van der Waals surface area contributed by atoms with E-state index < -0.39 is 0 Å². The van der Waals surface area contributed by atoms with Crippen molar-refractivity contribution in [3.63, 3.8) is 0 Å². The SMILES string of the molecule is CCOC(=O)c1nc(N2CC(CO)OCC2C)sc1C. The molecule has 0 bridgehead atoms. The molecule has 1 aliphatic heterocycles. The Morgan fingerprint density at radius 1 is 1.65 bits per heavy atom. The van der Waals surface area contributed by atoms with Gasteiger partial charge in [0.1, 0.15) is 0 Å². The molecule has 0 amide bonds. The number of carbonyl (C=O) groups is 1. The summed E-state index contributed by atoms with van der Waals surface area (Å²) >= 11 is 1.47. The van der Waals surface area contributed by atoms with Crippen LogP contribution < -0.4 is 4.90 Å². The third-order valence-electron chi connectivity index (χ3n) is 3.21. The topological polar surface area (TPSA) is 71.9 Å². The first kappa shape index (κ1) is 15.2. The van der Waals surface area contributed by atoms with Gasteiger partial charge in [-0.1, -0.05) is 0 Å². The van der Waals surface area contributed by atoms with Crippen LogP contribution in [-0.4, -0.2) is 54.6 Å². The predicted octanol–water partition coefficient (Wildman–Crippen LogP) is 1.21. The van der Waals surface area contributed by atoms with Crippen molar-refractivity contribution in [2.24, 2.45) is 0 Å². The molecule has 1 aliphatic rings. The molecule has 0 saturated carbocycles. The van der Waals surface area contributed by atoms with Crippen molar-refractivity contribution in [2.45, 2.75) is 32.9 Å². The zero-order chi connectivity index (χ0) is 14.7. The number of aliphatic hydroxyl groups excluding tert-OH is 1. The molecule has 6 nitrogen and oxygen atoms in total. The zero-order valence-electron chi connectivity index (χ0n) is 12.0. The van der Waals surface area contributed by atoms with E-state index in [1.807, 2.05) is 13.8 Å². The zero-order valence-corrected chi connectivity index (χ0v) is 12.8. The van der Waals surface area contributed by atoms with Crippen LogP contribution in [0, 0.1) is 6.92 Å². The molecule has 1 saturated heterocycles. The number of aryl methyl sites for hydroxylation is 1. The van der Waals surface area contributed by atoms with Crippen LogP contribution in [0.4, 0.5) is 5.13 Å². The van der Waals surface area contributed by atoms with Crippen molar-refractivity contribution in [3.05, 3.63) is 10.6 Å². The van der Waals surface area contributed by atoms with Gasteiger partial charge >= 0.3 is 5.97 Å². The molecular formula is C13H20N2O4S. The molecule has 0 aromatic carbocycles. The van der Waals surface area contributed by atoms with E-state index in [1.54, 1.807) is 6.92 Å². The second-order valence-corrected chi connectivity index (χ2v) is 5.94. The first-order valence-corrected chi connectivity index (χ1v) is 7.52. The highest BCUT2D eigenvalue weighted by molar-refractivity contribution is 7.15. The van der Waals surface area contributed by atoms with Crippen molar-refractivity contribution in [1.82, 2.24) is 4.98 Å². The minimum atomic E-state index is -0.382. The number of ether oxygens (including phenoxy) is 2. The van der Waals surface area contributed by atoms with Crippen molar-refractivity contribution in [1.29, 1.82) is 0 Å². The molecule has 20 heavy (non-hydrogen) atoms. The van der Waals surface area contributed by atoms with Gasteiger partial charge in [0.15, 0.2) is 10.8 Å². The van der Waals surface area contributed by atoms with Gasteiger partial charge in [0.25, 0.3) is 0 Å². The number of nitrogens with zero attached hydrogens (tertiary/aromatic N) is 2. The van der Waals surface area contributed by atoms with Crippen LogP contribution in [0.25, 0.3) is 0 Å². The molecule has 0 spiro atoms. The smallest absolute Gasteiger partial charge is 0.358 e. The Kier molecular flexibility index (Phi) is 4.95. The molecule has 1 N–H and O–H groups in total. The highest BCUT2D eigenvalue weighted by Crippen LogP contribution is 2.29. The lowest BCUT2D eigenvalue weighted by atomic mass is 10.2.